The molecule has 1 atom stereocenters. The van der Waals surface area contributed by atoms with Crippen molar-refractivity contribution >= 4 is 11.7 Å². The number of carbonyl (C=O) groups is 1. The molecule has 5 nitrogen and oxygen atoms in total. The molecule has 1 aromatic rings. The average Bonchev–Trinajstić information content (AvgIpc) is 2.45. The number of esters is 1. The molecule has 0 radical (unpaired) electrons. The third-order valence-corrected chi connectivity index (χ3v) is 3.44. The fourth-order valence-electron chi connectivity index (χ4n) is 2.43. The van der Waals surface area contributed by atoms with Crippen LogP contribution in [0.2, 0.25) is 0 Å². The Bertz CT molecular complexity index is 476. The molecule has 110 valence electrons. The Morgan fingerprint density at radius 3 is 3.05 bits per heavy atom. The molecule has 1 heterocycles. The minimum absolute atomic E-state index is 0.133. The van der Waals surface area contributed by atoms with Gasteiger partial charge in [0.1, 0.15) is 11.9 Å². The topological polar surface area (TPSA) is 64.8 Å². The van der Waals surface area contributed by atoms with Gasteiger partial charge in [-0.2, -0.15) is 0 Å². The first-order valence-corrected chi connectivity index (χ1v) is 6.95. The Morgan fingerprint density at radius 2 is 2.35 bits per heavy atom. The number of ether oxygens (including phenoxy) is 2. The lowest BCUT2D eigenvalue weighted by molar-refractivity contribution is -0.140. The van der Waals surface area contributed by atoms with Crippen LogP contribution in [0.3, 0.4) is 0 Å². The smallest absolute Gasteiger partial charge is 0.305 e. The third-order valence-electron chi connectivity index (χ3n) is 3.44. The minimum atomic E-state index is -0.162. The molecule has 0 bridgehead atoms. The molecule has 1 aliphatic rings. The summed E-state index contributed by atoms with van der Waals surface area (Å²) < 4.78 is 10.5. The van der Waals surface area contributed by atoms with E-state index in [4.69, 9.17) is 10.5 Å². The highest BCUT2D eigenvalue weighted by molar-refractivity contribution is 5.69. The first-order chi connectivity index (χ1) is 9.63. The minimum Gasteiger partial charge on any atom is -0.487 e. The van der Waals surface area contributed by atoms with E-state index in [0.29, 0.717) is 13.0 Å². The fourth-order valence-corrected chi connectivity index (χ4v) is 2.43. The van der Waals surface area contributed by atoms with E-state index in [2.05, 4.69) is 9.64 Å². The van der Waals surface area contributed by atoms with Crippen molar-refractivity contribution in [2.75, 3.05) is 25.1 Å². The summed E-state index contributed by atoms with van der Waals surface area (Å²) in [4.78, 5) is 13.4. The summed E-state index contributed by atoms with van der Waals surface area (Å²) in [6.07, 6.45) is 1.35. The van der Waals surface area contributed by atoms with Gasteiger partial charge in [-0.1, -0.05) is 6.07 Å². The highest BCUT2D eigenvalue weighted by Crippen LogP contribution is 2.34. The summed E-state index contributed by atoms with van der Waals surface area (Å²) in [5.41, 5.74) is 7.80. The second-order valence-electron chi connectivity index (χ2n) is 5.06. The molecular weight excluding hydrogens is 256 g/mol. The normalized spacial score (nSPS) is 17.4. The lowest BCUT2D eigenvalue weighted by Crippen LogP contribution is -2.39. The van der Waals surface area contributed by atoms with Crippen molar-refractivity contribution in [1.82, 2.24) is 0 Å². The molecule has 2 N–H and O–H groups in total. The second-order valence-corrected chi connectivity index (χ2v) is 5.06. The summed E-state index contributed by atoms with van der Waals surface area (Å²) in [7, 11) is 1.42. The van der Waals surface area contributed by atoms with Crippen LogP contribution in [0.4, 0.5) is 5.69 Å². The van der Waals surface area contributed by atoms with Crippen LogP contribution in [-0.2, 0) is 16.1 Å². The maximum Gasteiger partial charge on any atom is 0.305 e. The molecule has 0 aromatic heterocycles. The first kappa shape index (κ1) is 14.7. The van der Waals surface area contributed by atoms with Crippen LogP contribution in [0.15, 0.2) is 18.2 Å². The van der Waals surface area contributed by atoms with Gasteiger partial charge in [0, 0.05) is 19.5 Å². The summed E-state index contributed by atoms with van der Waals surface area (Å²) in [6.45, 7) is 4.20. The highest BCUT2D eigenvalue weighted by atomic mass is 16.5. The summed E-state index contributed by atoms with van der Waals surface area (Å²) >= 11 is 0. The SMILES string of the molecule is COC(=O)CCCN1CC(C)Oc2cc(CN)ccc21. The monoisotopic (exact) mass is 278 g/mol. The Kier molecular flexibility index (Phi) is 4.84. The number of nitrogens with two attached hydrogens (primary N) is 1. The zero-order valence-corrected chi connectivity index (χ0v) is 12.1. The Labute approximate surface area is 119 Å². The third kappa shape index (κ3) is 3.42. The lowest BCUT2D eigenvalue weighted by atomic mass is 10.1. The van der Waals surface area contributed by atoms with E-state index in [-0.39, 0.29) is 12.1 Å². The van der Waals surface area contributed by atoms with E-state index in [1.165, 1.54) is 7.11 Å². The van der Waals surface area contributed by atoms with Gasteiger partial charge < -0.3 is 20.1 Å². The Hall–Kier alpha value is -1.75. The predicted molar refractivity (Wildman–Crippen MR) is 77.9 cm³/mol. The van der Waals surface area contributed by atoms with Crippen LogP contribution < -0.4 is 15.4 Å². The lowest BCUT2D eigenvalue weighted by Gasteiger charge is -2.35. The van der Waals surface area contributed by atoms with Gasteiger partial charge in [-0.25, -0.2) is 0 Å². The maximum atomic E-state index is 11.2. The van der Waals surface area contributed by atoms with E-state index >= 15 is 0 Å². The Morgan fingerprint density at radius 1 is 1.55 bits per heavy atom. The maximum absolute atomic E-state index is 11.2. The number of rotatable bonds is 5. The van der Waals surface area contributed by atoms with Crippen LogP contribution in [0.5, 0.6) is 5.75 Å². The van der Waals surface area contributed by atoms with E-state index in [1.807, 2.05) is 25.1 Å². The number of hydrogen-bond donors (Lipinski definition) is 1. The quantitative estimate of drug-likeness (QED) is 0.830. The molecule has 20 heavy (non-hydrogen) atoms. The van der Waals surface area contributed by atoms with Gasteiger partial charge >= 0.3 is 5.97 Å². The van der Waals surface area contributed by atoms with Gasteiger partial charge in [0.15, 0.2) is 0 Å². The number of nitrogens with zero attached hydrogens (tertiary/aromatic N) is 1. The number of fused-ring (bicyclic) bond motifs is 1. The Balaban J connectivity index is 2.06. The number of benzene rings is 1. The zero-order chi connectivity index (χ0) is 14.5. The van der Waals surface area contributed by atoms with Crippen molar-refractivity contribution in [3.8, 4) is 5.75 Å². The number of carbonyl (C=O) groups excluding carboxylic acids is 1. The van der Waals surface area contributed by atoms with Crippen molar-refractivity contribution in [3.63, 3.8) is 0 Å². The molecule has 0 saturated carbocycles. The van der Waals surface area contributed by atoms with Crippen molar-refractivity contribution in [2.24, 2.45) is 5.73 Å². The van der Waals surface area contributed by atoms with Crippen molar-refractivity contribution in [1.29, 1.82) is 0 Å². The summed E-state index contributed by atoms with van der Waals surface area (Å²) in [5, 5.41) is 0. The number of methoxy groups -OCH3 is 1. The van der Waals surface area contributed by atoms with Crippen LogP contribution in [-0.4, -0.2) is 32.3 Å². The van der Waals surface area contributed by atoms with Crippen molar-refractivity contribution in [2.45, 2.75) is 32.4 Å². The molecule has 1 aromatic carbocycles. The van der Waals surface area contributed by atoms with Gasteiger partial charge in [-0.15, -0.1) is 0 Å². The fraction of sp³-hybridized carbons (Fsp3) is 0.533. The van der Waals surface area contributed by atoms with E-state index in [1.54, 1.807) is 0 Å². The van der Waals surface area contributed by atoms with E-state index in [0.717, 1.165) is 36.5 Å². The molecular formula is C15H22N2O3. The summed E-state index contributed by atoms with van der Waals surface area (Å²) in [5.74, 6) is 0.717. The average molecular weight is 278 g/mol. The molecule has 2 rings (SSSR count). The first-order valence-electron chi connectivity index (χ1n) is 6.95. The van der Waals surface area contributed by atoms with Crippen LogP contribution in [0, 0.1) is 0 Å². The number of anilines is 1. The molecule has 0 saturated heterocycles. The molecule has 0 spiro atoms. The predicted octanol–water partition coefficient (Wildman–Crippen LogP) is 1.69. The van der Waals surface area contributed by atoms with Gasteiger partial charge in [-0.3, -0.25) is 4.79 Å². The van der Waals surface area contributed by atoms with Gasteiger partial charge in [0.2, 0.25) is 0 Å². The summed E-state index contributed by atoms with van der Waals surface area (Å²) in [6, 6.07) is 6.06. The second kappa shape index (κ2) is 6.61. The van der Waals surface area contributed by atoms with Crippen LogP contribution in [0.25, 0.3) is 0 Å². The largest absolute Gasteiger partial charge is 0.487 e. The molecule has 5 heteroatoms. The molecule has 0 amide bonds. The standard InChI is InChI=1S/C15H22N2O3/c1-11-10-17(7-3-4-15(18)19-2)13-6-5-12(9-16)8-14(13)20-11/h5-6,8,11H,3-4,7,9-10,16H2,1-2H3. The van der Waals surface area contributed by atoms with Crippen molar-refractivity contribution in [3.05, 3.63) is 23.8 Å². The van der Waals surface area contributed by atoms with Gasteiger partial charge in [0.05, 0.1) is 19.3 Å². The highest BCUT2D eigenvalue weighted by Gasteiger charge is 2.22. The van der Waals surface area contributed by atoms with E-state index in [9.17, 15) is 4.79 Å². The molecule has 0 aliphatic carbocycles. The molecule has 1 unspecified atom stereocenters. The van der Waals surface area contributed by atoms with Gasteiger partial charge in [0.25, 0.3) is 0 Å². The van der Waals surface area contributed by atoms with E-state index < -0.39 is 0 Å². The van der Waals surface area contributed by atoms with Crippen molar-refractivity contribution < 1.29 is 14.3 Å². The number of hydrogen-bond acceptors (Lipinski definition) is 5. The van der Waals surface area contributed by atoms with Gasteiger partial charge in [-0.05, 0) is 31.0 Å². The zero-order valence-electron chi connectivity index (χ0n) is 12.1. The van der Waals surface area contributed by atoms with Crippen LogP contribution in [0.1, 0.15) is 25.3 Å². The molecule has 0 fully saturated rings. The molecule has 1 aliphatic heterocycles. The van der Waals surface area contributed by atoms with Crippen LogP contribution >= 0.6 is 0 Å².